The van der Waals surface area contributed by atoms with Gasteiger partial charge in [0.2, 0.25) is 0 Å². The number of nitrogens with zero attached hydrogens (tertiary/aromatic N) is 2. The zero-order valence-electron chi connectivity index (χ0n) is 10.4. The normalized spacial score (nSPS) is 16.1. The second-order valence-electron chi connectivity index (χ2n) is 4.10. The van der Waals surface area contributed by atoms with E-state index in [1.54, 1.807) is 6.92 Å². The van der Waals surface area contributed by atoms with E-state index in [9.17, 15) is 4.79 Å². The summed E-state index contributed by atoms with van der Waals surface area (Å²) in [5.74, 6) is 0.399. The highest BCUT2D eigenvalue weighted by atomic mass is 35.5. The van der Waals surface area contributed by atoms with E-state index in [1.165, 1.54) is 6.39 Å². The lowest BCUT2D eigenvalue weighted by Gasteiger charge is -2.26. The maximum atomic E-state index is 11.7. The van der Waals surface area contributed by atoms with Gasteiger partial charge in [0.25, 0.3) is 5.91 Å². The molecule has 1 saturated heterocycles. The standard InChI is InChI=1S/C11H18N4O2.ClH/c1-9-10(14-8-17-9)11(16)13-4-7-15-5-2-12-3-6-15;/h8,12H,2-7H2,1H3,(H,13,16);1H. The fraction of sp³-hybridized carbons (Fsp3) is 0.636. The Hall–Kier alpha value is -1.11. The Balaban J connectivity index is 0.00000162. The average molecular weight is 275 g/mol. The summed E-state index contributed by atoms with van der Waals surface area (Å²) in [5.41, 5.74) is 0.380. The zero-order valence-corrected chi connectivity index (χ0v) is 11.3. The van der Waals surface area contributed by atoms with Crippen molar-refractivity contribution < 1.29 is 9.21 Å². The van der Waals surface area contributed by atoms with Gasteiger partial charge in [0.15, 0.2) is 12.1 Å². The smallest absolute Gasteiger partial charge is 0.273 e. The first-order valence-electron chi connectivity index (χ1n) is 5.89. The number of carbonyl (C=O) groups is 1. The molecule has 18 heavy (non-hydrogen) atoms. The first kappa shape index (κ1) is 14.9. The Bertz CT molecular complexity index is 377. The molecule has 0 aliphatic carbocycles. The number of hydrogen-bond acceptors (Lipinski definition) is 5. The minimum Gasteiger partial charge on any atom is -0.448 e. The second kappa shape index (κ2) is 7.35. The Kier molecular flexibility index (Phi) is 6.11. The summed E-state index contributed by atoms with van der Waals surface area (Å²) in [6.45, 7) is 7.39. The molecule has 1 aliphatic heterocycles. The zero-order chi connectivity index (χ0) is 12.1. The van der Waals surface area contributed by atoms with Crippen LogP contribution in [0.4, 0.5) is 0 Å². The molecule has 2 N–H and O–H groups in total. The predicted octanol–water partition coefficient (Wildman–Crippen LogP) is 0.0398. The highest BCUT2D eigenvalue weighted by molar-refractivity contribution is 5.92. The number of aryl methyl sites for hydroxylation is 1. The summed E-state index contributed by atoms with van der Waals surface area (Å²) in [6, 6.07) is 0. The first-order valence-corrected chi connectivity index (χ1v) is 5.89. The molecule has 7 heteroatoms. The molecular weight excluding hydrogens is 256 g/mol. The fourth-order valence-electron chi connectivity index (χ4n) is 1.87. The Labute approximate surface area is 113 Å². The highest BCUT2D eigenvalue weighted by Crippen LogP contribution is 2.03. The van der Waals surface area contributed by atoms with Crippen molar-refractivity contribution in [1.29, 1.82) is 0 Å². The maximum absolute atomic E-state index is 11.7. The van der Waals surface area contributed by atoms with Gasteiger partial charge in [-0.3, -0.25) is 9.69 Å². The largest absolute Gasteiger partial charge is 0.448 e. The van der Waals surface area contributed by atoms with E-state index in [0.717, 1.165) is 32.7 Å². The van der Waals surface area contributed by atoms with Crippen LogP contribution in [0.5, 0.6) is 0 Å². The van der Waals surface area contributed by atoms with Crippen LogP contribution in [0.3, 0.4) is 0 Å². The van der Waals surface area contributed by atoms with Gasteiger partial charge in [-0.1, -0.05) is 0 Å². The van der Waals surface area contributed by atoms with Crippen molar-refractivity contribution >= 4 is 18.3 Å². The van der Waals surface area contributed by atoms with Gasteiger partial charge in [-0.15, -0.1) is 12.4 Å². The van der Waals surface area contributed by atoms with Crippen molar-refractivity contribution in [1.82, 2.24) is 20.5 Å². The fourth-order valence-corrected chi connectivity index (χ4v) is 1.87. The molecule has 102 valence electrons. The van der Waals surface area contributed by atoms with Gasteiger partial charge in [0, 0.05) is 39.3 Å². The molecule has 0 bridgehead atoms. The molecule has 2 rings (SSSR count). The van der Waals surface area contributed by atoms with E-state index in [4.69, 9.17) is 4.42 Å². The summed E-state index contributed by atoms with van der Waals surface area (Å²) < 4.78 is 4.99. The van der Waals surface area contributed by atoms with Crippen LogP contribution >= 0.6 is 12.4 Å². The Morgan fingerprint density at radius 2 is 2.28 bits per heavy atom. The number of piperazine rings is 1. The summed E-state index contributed by atoms with van der Waals surface area (Å²) in [5, 5.41) is 6.14. The molecule has 6 nitrogen and oxygen atoms in total. The van der Waals surface area contributed by atoms with Gasteiger partial charge >= 0.3 is 0 Å². The Morgan fingerprint density at radius 1 is 1.56 bits per heavy atom. The number of carbonyl (C=O) groups excluding carboxylic acids is 1. The van der Waals surface area contributed by atoms with E-state index in [-0.39, 0.29) is 18.3 Å². The van der Waals surface area contributed by atoms with E-state index in [0.29, 0.717) is 18.0 Å². The van der Waals surface area contributed by atoms with E-state index >= 15 is 0 Å². The van der Waals surface area contributed by atoms with Gasteiger partial charge in [0.05, 0.1) is 0 Å². The van der Waals surface area contributed by atoms with Gasteiger partial charge in [-0.25, -0.2) is 4.98 Å². The third kappa shape index (κ3) is 3.97. The third-order valence-corrected chi connectivity index (χ3v) is 2.88. The molecule has 0 aromatic carbocycles. The molecule has 1 aromatic heterocycles. The maximum Gasteiger partial charge on any atom is 0.273 e. The number of halogens is 1. The van der Waals surface area contributed by atoms with Gasteiger partial charge in [-0.2, -0.15) is 0 Å². The van der Waals surface area contributed by atoms with E-state index < -0.39 is 0 Å². The number of aromatic nitrogens is 1. The van der Waals surface area contributed by atoms with Gasteiger partial charge in [-0.05, 0) is 6.92 Å². The molecule has 1 aromatic rings. The lowest BCUT2D eigenvalue weighted by molar-refractivity contribution is 0.0941. The molecule has 1 aliphatic rings. The topological polar surface area (TPSA) is 70.4 Å². The number of hydrogen-bond donors (Lipinski definition) is 2. The van der Waals surface area contributed by atoms with E-state index in [2.05, 4.69) is 20.5 Å². The quantitative estimate of drug-likeness (QED) is 0.811. The van der Waals surface area contributed by atoms with E-state index in [1.807, 2.05) is 0 Å². The van der Waals surface area contributed by atoms with Gasteiger partial charge in [0.1, 0.15) is 5.76 Å². The predicted molar refractivity (Wildman–Crippen MR) is 70.1 cm³/mol. The summed E-state index contributed by atoms with van der Waals surface area (Å²) >= 11 is 0. The molecule has 0 radical (unpaired) electrons. The Morgan fingerprint density at radius 3 is 2.89 bits per heavy atom. The molecule has 2 heterocycles. The molecule has 1 fully saturated rings. The molecular formula is C11H19ClN4O2. The van der Waals surface area contributed by atoms with Crippen molar-refractivity contribution in [3.63, 3.8) is 0 Å². The van der Waals surface area contributed by atoms with Crippen molar-refractivity contribution in [2.75, 3.05) is 39.3 Å². The van der Waals surface area contributed by atoms with Crippen LogP contribution in [-0.2, 0) is 0 Å². The van der Waals surface area contributed by atoms with Crippen LogP contribution in [0.2, 0.25) is 0 Å². The number of oxazole rings is 1. The van der Waals surface area contributed by atoms with Crippen LogP contribution in [0.1, 0.15) is 16.2 Å². The van der Waals surface area contributed by atoms with Crippen LogP contribution < -0.4 is 10.6 Å². The van der Waals surface area contributed by atoms with Crippen molar-refractivity contribution in [3.8, 4) is 0 Å². The van der Waals surface area contributed by atoms with Crippen LogP contribution in [0.15, 0.2) is 10.8 Å². The van der Waals surface area contributed by atoms with Crippen molar-refractivity contribution in [2.24, 2.45) is 0 Å². The van der Waals surface area contributed by atoms with Crippen LogP contribution in [-0.4, -0.2) is 55.1 Å². The minimum atomic E-state index is -0.161. The number of amides is 1. The second-order valence-corrected chi connectivity index (χ2v) is 4.10. The lowest BCUT2D eigenvalue weighted by Crippen LogP contribution is -2.46. The summed E-state index contributed by atoms with van der Waals surface area (Å²) in [6.07, 6.45) is 1.29. The average Bonchev–Trinajstić information content (AvgIpc) is 2.77. The van der Waals surface area contributed by atoms with Crippen LogP contribution in [0, 0.1) is 6.92 Å². The summed E-state index contributed by atoms with van der Waals surface area (Å²) in [4.78, 5) is 17.9. The molecule has 1 amide bonds. The van der Waals surface area contributed by atoms with Crippen molar-refractivity contribution in [2.45, 2.75) is 6.92 Å². The summed E-state index contributed by atoms with van der Waals surface area (Å²) in [7, 11) is 0. The molecule has 0 atom stereocenters. The molecule has 0 spiro atoms. The minimum absolute atomic E-state index is 0. The number of rotatable bonds is 4. The third-order valence-electron chi connectivity index (χ3n) is 2.88. The van der Waals surface area contributed by atoms with Crippen molar-refractivity contribution in [3.05, 3.63) is 17.8 Å². The van der Waals surface area contributed by atoms with Crippen LogP contribution in [0.25, 0.3) is 0 Å². The SMILES string of the molecule is Cc1ocnc1C(=O)NCCN1CCNCC1.Cl. The molecule has 0 saturated carbocycles. The monoisotopic (exact) mass is 274 g/mol. The first-order chi connectivity index (χ1) is 8.27. The highest BCUT2D eigenvalue weighted by Gasteiger charge is 2.14. The molecule has 0 unspecified atom stereocenters. The van der Waals surface area contributed by atoms with Gasteiger partial charge < -0.3 is 15.1 Å². The lowest BCUT2D eigenvalue weighted by atomic mass is 10.3. The number of nitrogens with one attached hydrogen (secondary N) is 2.